The standard InChI is InChI=1S/C21H24N8/c1-3-18(22)21-23-19(4-2)29(26-21)13-14-9-11-15(12-10-14)16-7-5-6-8-17(16)20-24-27-28-25-20/h5-12,18H,3-4,13,22H2,1-2H3,(H,24,25,27,28). The number of rotatable bonds is 7. The minimum Gasteiger partial charge on any atom is -0.321 e. The summed E-state index contributed by atoms with van der Waals surface area (Å²) in [5.74, 6) is 2.25. The number of nitrogens with two attached hydrogens (primary N) is 1. The van der Waals surface area contributed by atoms with Crippen molar-refractivity contribution in [3.05, 3.63) is 65.7 Å². The highest BCUT2D eigenvalue weighted by Crippen LogP contribution is 2.29. The molecular weight excluding hydrogens is 364 g/mol. The van der Waals surface area contributed by atoms with E-state index in [0.717, 1.165) is 46.7 Å². The molecule has 2 aromatic carbocycles. The number of nitrogens with zero attached hydrogens (tertiary/aromatic N) is 6. The molecule has 0 spiro atoms. The molecule has 0 radical (unpaired) electrons. The number of aromatic amines is 1. The third-order valence-corrected chi connectivity index (χ3v) is 4.96. The van der Waals surface area contributed by atoms with Crippen LogP contribution >= 0.6 is 0 Å². The molecule has 0 saturated heterocycles. The summed E-state index contributed by atoms with van der Waals surface area (Å²) in [7, 11) is 0. The van der Waals surface area contributed by atoms with Crippen LogP contribution in [0.1, 0.15) is 43.5 Å². The fourth-order valence-electron chi connectivity index (χ4n) is 3.29. The van der Waals surface area contributed by atoms with Crippen molar-refractivity contribution in [1.82, 2.24) is 35.4 Å². The molecule has 8 nitrogen and oxygen atoms in total. The molecule has 0 amide bonds. The Morgan fingerprint density at radius 3 is 2.45 bits per heavy atom. The number of hydrogen-bond donors (Lipinski definition) is 2. The van der Waals surface area contributed by atoms with Crippen molar-refractivity contribution >= 4 is 0 Å². The predicted octanol–water partition coefficient (Wildman–Crippen LogP) is 3.15. The number of aryl methyl sites for hydroxylation is 1. The molecule has 3 N–H and O–H groups in total. The van der Waals surface area contributed by atoms with Crippen LogP contribution in [0.25, 0.3) is 22.5 Å². The summed E-state index contributed by atoms with van der Waals surface area (Å²) in [6.07, 6.45) is 1.64. The molecule has 0 fully saturated rings. The third-order valence-electron chi connectivity index (χ3n) is 4.96. The summed E-state index contributed by atoms with van der Waals surface area (Å²) in [6, 6.07) is 16.4. The summed E-state index contributed by atoms with van der Waals surface area (Å²) in [5, 5.41) is 19.0. The molecule has 4 rings (SSSR count). The van der Waals surface area contributed by atoms with E-state index in [0.29, 0.717) is 12.4 Å². The van der Waals surface area contributed by atoms with Gasteiger partial charge in [-0.05, 0) is 28.3 Å². The fourth-order valence-corrected chi connectivity index (χ4v) is 3.29. The second-order valence-corrected chi connectivity index (χ2v) is 6.89. The Bertz CT molecular complexity index is 1070. The van der Waals surface area contributed by atoms with Crippen LogP contribution in [-0.2, 0) is 13.0 Å². The average molecular weight is 388 g/mol. The van der Waals surface area contributed by atoms with Crippen LogP contribution in [0.3, 0.4) is 0 Å². The largest absolute Gasteiger partial charge is 0.321 e. The SMILES string of the molecule is CCc1nc(C(N)CC)nn1Cc1ccc(-c2ccccc2-c2nn[nH]n2)cc1. The van der Waals surface area contributed by atoms with Crippen molar-refractivity contribution in [2.75, 3.05) is 0 Å². The second-order valence-electron chi connectivity index (χ2n) is 6.89. The smallest absolute Gasteiger partial charge is 0.205 e. The van der Waals surface area contributed by atoms with Gasteiger partial charge in [0.1, 0.15) is 5.82 Å². The van der Waals surface area contributed by atoms with Crippen LogP contribution in [0, 0.1) is 0 Å². The van der Waals surface area contributed by atoms with E-state index < -0.39 is 0 Å². The number of aromatic nitrogens is 7. The Balaban J connectivity index is 1.60. The van der Waals surface area contributed by atoms with Crippen LogP contribution in [-0.4, -0.2) is 35.4 Å². The molecule has 1 unspecified atom stereocenters. The van der Waals surface area contributed by atoms with Gasteiger partial charge in [-0.3, -0.25) is 0 Å². The minimum absolute atomic E-state index is 0.120. The van der Waals surface area contributed by atoms with E-state index in [-0.39, 0.29) is 6.04 Å². The van der Waals surface area contributed by atoms with Gasteiger partial charge >= 0.3 is 0 Å². The van der Waals surface area contributed by atoms with Gasteiger partial charge in [0.2, 0.25) is 5.82 Å². The lowest BCUT2D eigenvalue weighted by Gasteiger charge is -2.09. The van der Waals surface area contributed by atoms with E-state index in [1.807, 2.05) is 29.8 Å². The van der Waals surface area contributed by atoms with Gasteiger partial charge in [0.05, 0.1) is 12.6 Å². The molecule has 0 aliphatic carbocycles. The Kier molecular flexibility index (Phi) is 5.44. The van der Waals surface area contributed by atoms with E-state index in [1.165, 1.54) is 0 Å². The first-order chi connectivity index (χ1) is 14.2. The zero-order valence-electron chi connectivity index (χ0n) is 16.6. The highest BCUT2D eigenvalue weighted by Gasteiger charge is 2.14. The molecule has 2 heterocycles. The predicted molar refractivity (Wildman–Crippen MR) is 111 cm³/mol. The zero-order valence-corrected chi connectivity index (χ0v) is 16.6. The minimum atomic E-state index is -0.120. The maximum atomic E-state index is 6.11. The number of nitrogens with one attached hydrogen (secondary N) is 1. The highest BCUT2D eigenvalue weighted by molar-refractivity contribution is 5.80. The van der Waals surface area contributed by atoms with Gasteiger partial charge in [0.25, 0.3) is 0 Å². The molecule has 0 bridgehead atoms. The van der Waals surface area contributed by atoms with Gasteiger partial charge < -0.3 is 5.73 Å². The van der Waals surface area contributed by atoms with Crippen molar-refractivity contribution in [2.24, 2.45) is 5.73 Å². The van der Waals surface area contributed by atoms with Gasteiger partial charge in [-0.2, -0.15) is 10.3 Å². The van der Waals surface area contributed by atoms with E-state index >= 15 is 0 Å². The first-order valence-corrected chi connectivity index (χ1v) is 9.81. The summed E-state index contributed by atoms with van der Waals surface area (Å²) in [4.78, 5) is 4.60. The molecule has 148 valence electrons. The Labute approximate surface area is 169 Å². The van der Waals surface area contributed by atoms with Crippen LogP contribution in [0.4, 0.5) is 0 Å². The van der Waals surface area contributed by atoms with E-state index in [1.54, 1.807) is 0 Å². The van der Waals surface area contributed by atoms with Crippen LogP contribution in [0.2, 0.25) is 0 Å². The van der Waals surface area contributed by atoms with Gasteiger partial charge in [0, 0.05) is 12.0 Å². The topological polar surface area (TPSA) is 111 Å². The molecule has 2 aromatic heterocycles. The molecule has 0 aliphatic heterocycles. The second kappa shape index (κ2) is 8.32. The monoisotopic (exact) mass is 388 g/mol. The molecule has 8 heteroatoms. The van der Waals surface area contributed by atoms with Gasteiger partial charge in [0.15, 0.2) is 5.82 Å². The molecule has 29 heavy (non-hydrogen) atoms. The average Bonchev–Trinajstić information content (AvgIpc) is 3.44. The quantitative estimate of drug-likeness (QED) is 0.503. The molecular formula is C21H24N8. The summed E-state index contributed by atoms with van der Waals surface area (Å²) in [5.41, 5.74) is 10.4. The van der Waals surface area contributed by atoms with Crippen molar-refractivity contribution in [2.45, 2.75) is 39.3 Å². The van der Waals surface area contributed by atoms with Gasteiger partial charge in [-0.25, -0.2) is 9.67 Å². The summed E-state index contributed by atoms with van der Waals surface area (Å²) < 4.78 is 1.95. The number of benzene rings is 2. The summed E-state index contributed by atoms with van der Waals surface area (Å²) >= 11 is 0. The summed E-state index contributed by atoms with van der Waals surface area (Å²) in [6.45, 7) is 4.79. The van der Waals surface area contributed by atoms with E-state index in [9.17, 15) is 0 Å². The first-order valence-electron chi connectivity index (χ1n) is 9.81. The van der Waals surface area contributed by atoms with Crippen molar-refractivity contribution in [1.29, 1.82) is 0 Å². The van der Waals surface area contributed by atoms with Crippen molar-refractivity contribution in [3.63, 3.8) is 0 Å². The van der Waals surface area contributed by atoms with Crippen LogP contribution in [0.15, 0.2) is 48.5 Å². The van der Waals surface area contributed by atoms with Crippen LogP contribution in [0.5, 0.6) is 0 Å². The van der Waals surface area contributed by atoms with E-state index in [2.05, 4.69) is 68.0 Å². The maximum Gasteiger partial charge on any atom is 0.205 e. The highest BCUT2D eigenvalue weighted by atomic mass is 15.5. The Morgan fingerprint density at radius 2 is 1.79 bits per heavy atom. The number of tetrazole rings is 1. The van der Waals surface area contributed by atoms with Crippen molar-refractivity contribution in [3.8, 4) is 22.5 Å². The maximum absolute atomic E-state index is 6.11. The number of hydrogen-bond acceptors (Lipinski definition) is 6. The number of H-pyrrole nitrogens is 1. The lowest BCUT2D eigenvalue weighted by Crippen LogP contribution is -2.11. The fraction of sp³-hybridized carbons (Fsp3) is 0.286. The van der Waals surface area contributed by atoms with Gasteiger partial charge in [-0.15, -0.1) is 10.2 Å². The third kappa shape index (κ3) is 3.93. The lowest BCUT2D eigenvalue weighted by molar-refractivity contribution is 0.605. The van der Waals surface area contributed by atoms with E-state index in [4.69, 9.17) is 5.73 Å². The lowest BCUT2D eigenvalue weighted by atomic mass is 9.98. The Morgan fingerprint density at radius 1 is 1.03 bits per heavy atom. The van der Waals surface area contributed by atoms with Crippen molar-refractivity contribution < 1.29 is 0 Å². The first kappa shape index (κ1) is 18.9. The van der Waals surface area contributed by atoms with Gasteiger partial charge in [-0.1, -0.05) is 62.4 Å². The molecule has 4 aromatic rings. The molecule has 1 atom stereocenters. The normalized spacial score (nSPS) is 12.2. The molecule has 0 saturated carbocycles. The zero-order chi connectivity index (χ0) is 20.2. The molecule has 0 aliphatic rings. The van der Waals surface area contributed by atoms with Crippen LogP contribution < -0.4 is 5.73 Å². The Hall–Kier alpha value is -3.39.